The summed E-state index contributed by atoms with van der Waals surface area (Å²) in [4.78, 5) is 0. The fourth-order valence-corrected chi connectivity index (χ4v) is 5.10. The Kier molecular flexibility index (Phi) is 7.16. The van der Waals surface area contributed by atoms with Crippen molar-refractivity contribution in [2.24, 2.45) is 17.8 Å². The number of aryl methyl sites for hydroxylation is 1. The largest absolute Gasteiger partial charge is 0.381 e. The van der Waals surface area contributed by atoms with Crippen LogP contribution < -0.4 is 0 Å². The first kappa shape index (κ1) is 18.7. The van der Waals surface area contributed by atoms with Crippen LogP contribution >= 0.6 is 0 Å². The van der Waals surface area contributed by atoms with Crippen molar-refractivity contribution in [1.29, 1.82) is 0 Å². The molecule has 25 heavy (non-hydrogen) atoms. The molecule has 1 heteroatoms. The molecule has 1 nitrogen and oxygen atoms in total. The standard InChI is InChI=1S/C24H36O/c1-3-19-6-10-21(11-7-19)23-14-16-24(17-15-23)22-12-8-20(9-13-22)5-4-18-25-2/h4-7,10-11,20,22-24H,3,8-9,12-18H2,1-2H3. The minimum atomic E-state index is 0.767. The van der Waals surface area contributed by atoms with Crippen LogP contribution in [0.4, 0.5) is 0 Å². The summed E-state index contributed by atoms with van der Waals surface area (Å²) < 4.78 is 5.12. The van der Waals surface area contributed by atoms with E-state index in [1.54, 1.807) is 12.7 Å². The predicted molar refractivity (Wildman–Crippen MR) is 107 cm³/mol. The summed E-state index contributed by atoms with van der Waals surface area (Å²) in [7, 11) is 1.77. The zero-order chi connectivity index (χ0) is 17.5. The van der Waals surface area contributed by atoms with Crippen LogP contribution in [0.15, 0.2) is 36.4 Å². The van der Waals surface area contributed by atoms with E-state index >= 15 is 0 Å². The Morgan fingerprint density at radius 1 is 0.880 bits per heavy atom. The highest BCUT2D eigenvalue weighted by Gasteiger charge is 2.30. The zero-order valence-electron chi connectivity index (χ0n) is 16.3. The SMILES string of the molecule is CCc1ccc(C2CCC(C3CCC(C=CCOC)CC3)CC2)cc1. The first-order valence-corrected chi connectivity index (χ1v) is 10.5. The summed E-state index contributed by atoms with van der Waals surface area (Å²) in [5.74, 6) is 3.61. The monoisotopic (exact) mass is 340 g/mol. The topological polar surface area (TPSA) is 9.23 Å². The number of allylic oxidation sites excluding steroid dienone is 1. The molecule has 1 aromatic rings. The minimum Gasteiger partial charge on any atom is -0.381 e. The van der Waals surface area contributed by atoms with Crippen LogP contribution in [0.25, 0.3) is 0 Å². The Bertz CT molecular complexity index is 514. The van der Waals surface area contributed by atoms with Gasteiger partial charge in [-0.25, -0.2) is 0 Å². The summed E-state index contributed by atoms with van der Waals surface area (Å²) in [6, 6.07) is 9.45. The molecule has 0 atom stereocenters. The van der Waals surface area contributed by atoms with Gasteiger partial charge in [-0.05, 0) is 92.6 Å². The van der Waals surface area contributed by atoms with Crippen molar-refractivity contribution in [3.63, 3.8) is 0 Å². The van der Waals surface area contributed by atoms with Crippen molar-refractivity contribution < 1.29 is 4.74 Å². The number of hydrogen-bond acceptors (Lipinski definition) is 1. The molecule has 1 aromatic carbocycles. The third kappa shape index (κ3) is 5.20. The molecule has 0 bridgehead atoms. The van der Waals surface area contributed by atoms with Gasteiger partial charge in [-0.2, -0.15) is 0 Å². The van der Waals surface area contributed by atoms with Crippen molar-refractivity contribution in [1.82, 2.24) is 0 Å². The van der Waals surface area contributed by atoms with E-state index in [1.165, 1.54) is 56.9 Å². The maximum absolute atomic E-state index is 5.12. The Balaban J connectivity index is 1.43. The normalized spacial score (nSPS) is 30.6. The van der Waals surface area contributed by atoms with E-state index in [1.807, 2.05) is 0 Å². The Morgan fingerprint density at radius 3 is 2.04 bits per heavy atom. The van der Waals surface area contributed by atoms with E-state index < -0.39 is 0 Å². The molecular weight excluding hydrogens is 304 g/mol. The molecule has 2 fully saturated rings. The highest BCUT2D eigenvalue weighted by molar-refractivity contribution is 5.25. The van der Waals surface area contributed by atoms with Gasteiger partial charge in [0.25, 0.3) is 0 Å². The number of ether oxygens (including phenoxy) is 1. The van der Waals surface area contributed by atoms with Crippen molar-refractivity contribution >= 4 is 0 Å². The quantitative estimate of drug-likeness (QED) is 0.535. The Labute approximate surface area is 154 Å². The third-order valence-corrected chi connectivity index (χ3v) is 6.79. The van der Waals surface area contributed by atoms with E-state index in [2.05, 4.69) is 43.3 Å². The molecule has 0 amide bonds. The van der Waals surface area contributed by atoms with Gasteiger partial charge >= 0.3 is 0 Å². The van der Waals surface area contributed by atoms with Crippen LogP contribution in [-0.4, -0.2) is 13.7 Å². The lowest BCUT2D eigenvalue weighted by molar-refractivity contribution is 0.171. The molecule has 138 valence electrons. The lowest BCUT2D eigenvalue weighted by Gasteiger charge is -2.37. The lowest BCUT2D eigenvalue weighted by atomic mass is 9.68. The van der Waals surface area contributed by atoms with Crippen LogP contribution in [-0.2, 0) is 11.2 Å². The fourth-order valence-electron chi connectivity index (χ4n) is 5.10. The van der Waals surface area contributed by atoms with Crippen molar-refractivity contribution in [3.8, 4) is 0 Å². The van der Waals surface area contributed by atoms with Gasteiger partial charge in [-0.15, -0.1) is 0 Å². The molecule has 2 aliphatic rings. The number of hydrogen-bond donors (Lipinski definition) is 0. The summed E-state index contributed by atoms with van der Waals surface area (Å²) in [5, 5.41) is 0. The average Bonchev–Trinajstić information content (AvgIpc) is 2.69. The Morgan fingerprint density at radius 2 is 1.48 bits per heavy atom. The molecule has 0 saturated heterocycles. The molecule has 2 aliphatic carbocycles. The average molecular weight is 341 g/mol. The van der Waals surface area contributed by atoms with Crippen LogP contribution in [0.3, 0.4) is 0 Å². The zero-order valence-corrected chi connectivity index (χ0v) is 16.3. The van der Waals surface area contributed by atoms with E-state index in [0.717, 1.165) is 36.7 Å². The number of benzene rings is 1. The van der Waals surface area contributed by atoms with Crippen molar-refractivity contribution in [2.45, 2.75) is 70.6 Å². The van der Waals surface area contributed by atoms with Crippen LogP contribution in [0.5, 0.6) is 0 Å². The van der Waals surface area contributed by atoms with Crippen LogP contribution in [0, 0.1) is 17.8 Å². The van der Waals surface area contributed by atoms with Gasteiger partial charge < -0.3 is 4.74 Å². The predicted octanol–water partition coefficient (Wildman–Crippen LogP) is 6.53. The van der Waals surface area contributed by atoms with E-state index in [0.29, 0.717) is 0 Å². The number of methoxy groups -OCH3 is 1. The summed E-state index contributed by atoms with van der Waals surface area (Å²) in [6.07, 6.45) is 17.2. The maximum Gasteiger partial charge on any atom is 0.0643 e. The van der Waals surface area contributed by atoms with Gasteiger partial charge in [0, 0.05) is 7.11 Å². The first-order valence-electron chi connectivity index (χ1n) is 10.5. The van der Waals surface area contributed by atoms with Gasteiger partial charge in [0.05, 0.1) is 6.61 Å². The maximum atomic E-state index is 5.12. The van der Waals surface area contributed by atoms with Gasteiger partial charge in [0.2, 0.25) is 0 Å². The fraction of sp³-hybridized carbons (Fsp3) is 0.667. The van der Waals surface area contributed by atoms with Crippen LogP contribution in [0.1, 0.15) is 75.3 Å². The van der Waals surface area contributed by atoms with E-state index in [9.17, 15) is 0 Å². The van der Waals surface area contributed by atoms with Gasteiger partial charge in [-0.3, -0.25) is 0 Å². The summed E-state index contributed by atoms with van der Waals surface area (Å²) in [6.45, 7) is 3.01. The summed E-state index contributed by atoms with van der Waals surface area (Å²) in [5.41, 5.74) is 3.05. The second-order valence-electron chi connectivity index (χ2n) is 8.27. The van der Waals surface area contributed by atoms with E-state index in [-0.39, 0.29) is 0 Å². The molecule has 0 heterocycles. The Hall–Kier alpha value is -1.08. The highest BCUT2D eigenvalue weighted by atomic mass is 16.5. The summed E-state index contributed by atoms with van der Waals surface area (Å²) >= 11 is 0. The van der Waals surface area contributed by atoms with Gasteiger partial charge in [-0.1, -0.05) is 43.3 Å². The molecule has 2 saturated carbocycles. The molecule has 0 aliphatic heterocycles. The highest BCUT2D eigenvalue weighted by Crippen LogP contribution is 2.44. The molecule has 3 rings (SSSR count). The van der Waals surface area contributed by atoms with Crippen LogP contribution in [0.2, 0.25) is 0 Å². The molecular formula is C24H36O. The third-order valence-electron chi connectivity index (χ3n) is 6.79. The first-order chi connectivity index (χ1) is 12.3. The smallest absolute Gasteiger partial charge is 0.0643 e. The van der Waals surface area contributed by atoms with Gasteiger partial charge in [0.15, 0.2) is 0 Å². The van der Waals surface area contributed by atoms with Gasteiger partial charge in [0.1, 0.15) is 0 Å². The molecule has 0 radical (unpaired) electrons. The lowest BCUT2D eigenvalue weighted by Crippen LogP contribution is -2.25. The van der Waals surface area contributed by atoms with Crippen molar-refractivity contribution in [3.05, 3.63) is 47.5 Å². The second kappa shape index (κ2) is 9.57. The molecule has 0 unspecified atom stereocenters. The second-order valence-corrected chi connectivity index (χ2v) is 8.27. The molecule has 0 N–H and O–H groups in total. The van der Waals surface area contributed by atoms with E-state index in [4.69, 9.17) is 4.74 Å². The minimum absolute atomic E-state index is 0.767. The number of rotatable bonds is 6. The molecule has 0 spiro atoms. The van der Waals surface area contributed by atoms with Crippen molar-refractivity contribution in [2.75, 3.05) is 13.7 Å². The molecule has 0 aromatic heterocycles.